The summed E-state index contributed by atoms with van der Waals surface area (Å²) >= 11 is 0. The Morgan fingerprint density at radius 2 is 2.05 bits per heavy atom. The monoisotopic (exact) mass is 295 g/mol. The lowest BCUT2D eigenvalue weighted by Gasteiger charge is -2.19. The summed E-state index contributed by atoms with van der Waals surface area (Å²) in [6.07, 6.45) is 1.19. The van der Waals surface area contributed by atoms with Crippen molar-refractivity contribution in [3.05, 3.63) is 53.6 Å². The van der Waals surface area contributed by atoms with Crippen LogP contribution in [0.25, 0.3) is 0 Å². The van der Waals surface area contributed by atoms with Gasteiger partial charge in [0, 0.05) is 37.7 Å². The first kappa shape index (κ1) is 13.6. The van der Waals surface area contributed by atoms with Crippen molar-refractivity contribution in [1.29, 1.82) is 0 Å². The lowest BCUT2D eigenvalue weighted by Crippen LogP contribution is -2.20. The highest BCUT2D eigenvalue weighted by Gasteiger charge is 2.25. The molecule has 0 bridgehead atoms. The first-order chi connectivity index (χ1) is 10.9. The molecule has 1 aromatic heterocycles. The third kappa shape index (κ3) is 2.66. The largest absolute Gasteiger partial charge is 0.476 e. The SMILES string of the molecule is c1ccc(C2CCN(c3ccc4c(n3)OCCNC4)C2)cc1. The fourth-order valence-electron chi connectivity index (χ4n) is 3.30. The second kappa shape index (κ2) is 5.97. The van der Waals surface area contributed by atoms with E-state index in [9.17, 15) is 0 Å². The van der Waals surface area contributed by atoms with Crippen LogP contribution < -0.4 is 15.0 Å². The second-order valence-corrected chi connectivity index (χ2v) is 6.00. The molecule has 2 aliphatic heterocycles. The minimum atomic E-state index is 0.601. The molecule has 4 nitrogen and oxygen atoms in total. The van der Waals surface area contributed by atoms with E-state index in [2.05, 4.69) is 52.7 Å². The number of aromatic nitrogens is 1. The summed E-state index contributed by atoms with van der Waals surface area (Å²) < 4.78 is 5.76. The highest BCUT2D eigenvalue weighted by molar-refractivity contribution is 5.46. The van der Waals surface area contributed by atoms with Gasteiger partial charge in [0.2, 0.25) is 5.88 Å². The molecule has 1 N–H and O–H groups in total. The highest BCUT2D eigenvalue weighted by atomic mass is 16.5. The van der Waals surface area contributed by atoms with E-state index in [1.165, 1.54) is 12.0 Å². The van der Waals surface area contributed by atoms with Gasteiger partial charge in [0.1, 0.15) is 12.4 Å². The van der Waals surface area contributed by atoms with E-state index in [1.54, 1.807) is 0 Å². The van der Waals surface area contributed by atoms with Crippen molar-refractivity contribution in [2.75, 3.05) is 31.1 Å². The van der Waals surface area contributed by atoms with Crippen LogP contribution in [0.15, 0.2) is 42.5 Å². The molecule has 22 heavy (non-hydrogen) atoms. The van der Waals surface area contributed by atoms with Crippen molar-refractivity contribution in [1.82, 2.24) is 10.3 Å². The van der Waals surface area contributed by atoms with Crippen molar-refractivity contribution >= 4 is 5.82 Å². The number of hydrogen-bond acceptors (Lipinski definition) is 4. The number of pyridine rings is 1. The van der Waals surface area contributed by atoms with Crippen molar-refractivity contribution in [2.24, 2.45) is 0 Å². The quantitative estimate of drug-likeness (QED) is 0.924. The zero-order chi connectivity index (χ0) is 14.8. The lowest BCUT2D eigenvalue weighted by atomic mass is 9.99. The predicted octanol–water partition coefficient (Wildman–Crippen LogP) is 2.56. The summed E-state index contributed by atoms with van der Waals surface area (Å²) in [5.41, 5.74) is 2.58. The van der Waals surface area contributed by atoms with Gasteiger partial charge in [0.15, 0.2) is 0 Å². The predicted molar refractivity (Wildman–Crippen MR) is 87.5 cm³/mol. The van der Waals surface area contributed by atoms with Crippen LogP contribution in [0.5, 0.6) is 5.88 Å². The number of rotatable bonds is 2. The number of benzene rings is 1. The smallest absolute Gasteiger partial charge is 0.219 e. The summed E-state index contributed by atoms with van der Waals surface area (Å²) in [4.78, 5) is 7.12. The zero-order valence-corrected chi connectivity index (χ0v) is 12.7. The standard InChI is InChI=1S/C18H21N3O/c1-2-4-14(5-3-1)16-8-10-21(13-16)17-7-6-15-12-19-9-11-22-18(15)20-17/h1-7,16,19H,8-13H2. The molecule has 0 saturated carbocycles. The molecule has 1 aromatic carbocycles. The van der Waals surface area contributed by atoms with E-state index in [4.69, 9.17) is 9.72 Å². The average Bonchev–Trinajstić information content (AvgIpc) is 2.95. The summed E-state index contributed by atoms with van der Waals surface area (Å²) in [6.45, 7) is 4.51. The number of fused-ring (bicyclic) bond motifs is 1. The highest BCUT2D eigenvalue weighted by Crippen LogP contribution is 2.31. The molecule has 1 saturated heterocycles. The Balaban J connectivity index is 1.52. The van der Waals surface area contributed by atoms with Gasteiger partial charge < -0.3 is 15.0 Å². The summed E-state index contributed by atoms with van der Waals surface area (Å²) in [5, 5.41) is 3.34. The Morgan fingerprint density at radius 1 is 1.14 bits per heavy atom. The molecule has 3 heterocycles. The van der Waals surface area contributed by atoms with Gasteiger partial charge in [-0.25, -0.2) is 0 Å². The number of nitrogens with zero attached hydrogens (tertiary/aromatic N) is 2. The van der Waals surface area contributed by atoms with E-state index in [0.717, 1.165) is 43.4 Å². The average molecular weight is 295 g/mol. The molecule has 1 unspecified atom stereocenters. The summed E-state index contributed by atoms with van der Waals surface area (Å²) in [7, 11) is 0. The van der Waals surface area contributed by atoms with Crippen LogP contribution in [0.2, 0.25) is 0 Å². The van der Waals surface area contributed by atoms with Crippen LogP contribution in [-0.2, 0) is 6.54 Å². The molecule has 4 heteroatoms. The Kier molecular flexibility index (Phi) is 3.69. The van der Waals surface area contributed by atoms with Crippen molar-refractivity contribution in [3.63, 3.8) is 0 Å². The fraction of sp³-hybridized carbons (Fsp3) is 0.389. The Hall–Kier alpha value is -2.07. The van der Waals surface area contributed by atoms with E-state index in [-0.39, 0.29) is 0 Å². The Bertz CT molecular complexity index is 644. The third-order valence-corrected chi connectivity index (χ3v) is 4.54. The van der Waals surface area contributed by atoms with Gasteiger partial charge in [0.25, 0.3) is 0 Å². The van der Waals surface area contributed by atoms with Crippen LogP contribution in [0.4, 0.5) is 5.82 Å². The lowest BCUT2D eigenvalue weighted by molar-refractivity contribution is 0.314. The minimum absolute atomic E-state index is 0.601. The summed E-state index contributed by atoms with van der Waals surface area (Å²) in [6, 6.07) is 15.1. The molecular formula is C18H21N3O. The molecule has 114 valence electrons. The van der Waals surface area contributed by atoms with Crippen molar-refractivity contribution in [3.8, 4) is 5.88 Å². The normalized spacial score (nSPS) is 21.1. The van der Waals surface area contributed by atoms with Gasteiger partial charge in [-0.3, -0.25) is 0 Å². The van der Waals surface area contributed by atoms with E-state index >= 15 is 0 Å². The fourth-order valence-corrected chi connectivity index (χ4v) is 3.30. The maximum Gasteiger partial charge on any atom is 0.219 e. The van der Waals surface area contributed by atoms with E-state index in [0.29, 0.717) is 12.5 Å². The molecular weight excluding hydrogens is 274 g/mol. The Labute approximate surface area is 131 Å². The molecule has 2 aliphatic rings. The molecule has 2 aromatic rings. The first-order valence-corrected chi connectivity index (χ1v) is 8.03. The molecule has 0 radical (unpaired) electrons. The maximum absolute atomic E-state index is 5.76. The zero-order valence-electron chi connectivity index (χ0n) is 12.7. The van der Waals surface area contributed by atoms with Crippen LogP contribution in [0.1, 0.15) is 23.5 Å². The Morgan fingerprint density at radius 3 is 2.95 bits per heavy atom. The molecule has 0 aliphatic carbocycles. The van der Waals surface area contributed by atoms with Gasteiger partial charge in [-0.2, -0.15) is 4.98 Å². The number of ether oxygens (including phenoxy) is 1. The van der Waals surface area contributed by atoms with Gasteiger partial charge in [-0.1, -0.05) is 30.3 Å². The first-order valence-electron chi connectivity index (χ1n) is 8.03. The number of anilines is 1. The topological polar surface area (TPSA) is 37.4 Å². The van der Waals surface area contributed by atoms with E-state index < -0.39 is 0 Å². The molecule has 1 atom stereocenters. The third-order valence-electron chi connectivity index (χ3n) is 4.54. The van der Waals surface area contributed by atoms with Crippen molar-refractivity contribution in [2.45, 2.75) is 18.9 Å². The van der Waals surface area contributed by atoms with Crippen LogP contribution >= 0.6 is 0 Å². The molecule has 4 rings (SSSR count). The minimum Gasteiger partial charge on any atom is -0.476 e. The van der Waals surface area contributed by atoms with E-state index in [1.807, 2.05) is 0 Å². The number of nitrogens with one attached hydrogen (secondary N) is 1. The maximum atomic E-state index is 5.76. The second-order valence-electron chi connectivity index (χ2n) is 6.00. The summed E-state index contributed by atoms with van der Waals surface area (Å²) in [5.74, 6) is 2.44. The van der Waals surface area contributed by atoms with Gasteiger partial charge in [0.05, 0.1) is 0 Å². The molecule has 0 amide bonds. The van der Waals surface area contributed by atoms with Crippen LogP contribution in [0.3, 0.4) is 0 Å². The van der Waals surface area contributed by atoms with Crippen molar-refractivity contribution < 1.29 is 4.74 Å². The number of hydrogen-bond donors (Lipinski definition) is 1. The van der Waals surface area contributed by atoms with Crippen LogP contribution in [0, 0.1) is 0 Å². The van der Waals surface area contributed by atoms with Gasteiger partial charge in [-0.15, -0.1) is 0 Å². The van der Waals surface area contributed by atoms with Gasteiger partial charge >= 0.3 is 0 Å². The molecule has 1 fully saturated rings. The van der Waals surface area contributed by atoms with Crippen LogP contribution in [-0.4, -0.2) is 31.2 Å². The van der Waals surface area contributed by atoms with Gasteiger partial charge in [-0.05, 0) is 24.1 Å². The molecule has 0 spiro atoms.